The van der Waals surface area contributed by atoms with Crippen LogP contribution in [0.5, 0.6) is 0 Å². The molecule has 2 aliphatic rings. The summed E-state index contributed by atoms with van der Waals surface area (Å²) in [5, 5.41) is 3.50. The van der Waals surface area contributed by atoms with E-state index in [0.717, 1.165) is 18.5 Å². The standard InChI is InChI=1S/C16H19ClN2O2/c17-12-5-7-13(8-6-12)18-16(21)11-9-15(20)19(10-11)14-3-1-2-4-14/h5-8,11,14H,1-4,9-10H2,(H,18,21). The van der Waals surface area contributed by atoms with Crippen molar-refractivity contribution in [2.24, 2.45) is 5.92 Å². The van der Waals surface area contributed by atoms with Crippen molar-refractivity contribution in [3.05, 3.63) is 29.3 Å². The van der Waals surface area contributed by atoms with Gasteiger partial charge in [-0.25, -0.2) is 0 Å². The third-order valence-corrected chi connectivity index (χ3v) is 4.66. The number of hydrogen-bond acceptors (Lipinski definition) is 2. The van der Waals surface area contributed by atoms with Crippen molar-refractivity contribution in [2.45, 2.75) is 38.1 Å². The van der Waals surface area contributed by atoms with Crippen LogP contribution in [0.25, 0.3) is 0 Å². The molecule has 0 bridgehead atoms. The topological polar surface area (TPSA) is 49.4 Å². The maximum Gasteiger partial charge on any atom is 0.229 e. The molecular formula is C16H19ClN2O2. The Bertz CT molecular complexity index is 538. The zero-order valence-electron chi connectivity index (χ0n) is 11.8. The monoisotopic (exact) mass is 306 g/mol. The number of carbonyl (C=O) groups excluding carboxylic acids is 2. The van der Waals surface area contributed by atoms with Gasteiger partial charge in [0, 0.05) is 29.7 Å². The first-order chi connectivity index (χ1) is 10.1. The largest absolute Gasteiger partial charge is 0.339 e. The van der Waals surface area contributed by atoms with E-state index < -0.39 is 0 Å². The summed E-state index contributed by atoms with van der Waals surface area (Å²) in [6, 6.07) is 7.37. The minimum atomic E-state index is -0.242. The number of likely N-dealkylation sites (tertiary alicyclic amines) is 1. The van der Waals surface area contributed by atoms with Crippen LogP contribution in [-0.4, -0.2) is 29.3 Å². The van der Waals surface area contributed by atoms with Crippen molar-refractivity contribution in [3.8, 4) is 0 Å². The zero-order valence-corrected chi connectivity index (χ0v) is 12.6. The lowest BCUT2D eigenvalue weighted by molar-refractivity contribution is -0.129. The highest BCUT2D eigenvalue weighted by Gasteiger charge is 2.38. The Morgan fingerprint density at radius 3 is 2.52 bits per heavy atom. The van der Waals surface area contributed by atoms with Crippen LogP contribution < -0.4 is 5.32 Å². The summed E-state index contributed by atoms with van der Waals surface area (Å²) in [6.45, 7) is 0.558. The normalized spacial score (nSPS) is 22.8. The molecule has 21 heavy (non-hydrogen) atoms. The van der Waals surface area contributed by atoms with E-state index >= 15 is 0 Å². The van der Waals surface area contributed by atoms with Crippen LogP contribution in [0.1, 0.15) is 32.1 Å². The Morgan fingerprint density at radius 2 is 1.86 bits per heavy atom. The molecule has 1 N–H and O–H groups in total. The molecule has 0 spiro atoms. The average Bonchev–Trinajstić information content (AvgIpc) is 3.10. The van der Waals surface area contributed by atoms with E-state index in [2.05, 4.69) is 5.32 Å². The first-order valence-electron chi connectivity index (χ1n) is 7.49. The molecule has 1 aliphatic heterocycles. The molecule has 4 nitrogen and oxygen atoms in total. The van der Waals surface area contributed by atoms with Crippen LogP contribution in [0, 0.1) is 5.92 Å². The first-order valence-corrected chi connectivity index (χ1v) is 7.87. The number of rotatable bonds is 3. The summed E-state index contributed by atoms with van der Waals surface area (Å²) < 4.78 is 0. The summed E-state index contributed by atoms with van der Waals surface area (Å²) in [6.07, 6.45) is 4.87. The SMILES string of the molecule is O=C(Nc1ccc(Cl)cc1)C1CC(=O)N(C2CCCC2)C1. The van der Waals surface area contributed by atoms with Gasteiger partial charge in [0.25, 0.3) is 0 Å². The van der Waals surface area contributed by atoms with Gasteiger partial charge in [0.15, 0.2) is 0 Å². The van der Waals surface area contributed by atoms with Gasteiger partial charge >= 0.3 is 0 Å². The van der Waals surface area contributed by atoms with Crippen LogP contribution >= 0.6 is 11.6 Å². The quantitative estimate of drug-likeness (QED) is 0.933. The van der Waals surface area contributed by atoms with E-state index in [1.54, 1.807) is 24.3 Å². The molecule has 3 rings (SSSR count). The zero-order chi connectivity index (χ0) is 14.8. The second-order valence-corrected chi connectivity index (χ2v) is 6.32. The number of benzene rings is 1. The fraction of sp³-hybridized carbons (Fsp3) is 0.500. The molecule has 1 aromatic carbocycles. The molecule has 1 aliphatic carbocycles. The van der Waals surface area contributed by atoms with Gasteiger partial charge in [-0.15, -0.1) is 0 Å². The van der Waals surface area contributed by atoms with Gasteiger partial charge in [0.2, 0.25) is 11.8 Å². The molecule has 1 aromatic rings. The third-order valence-electron chi connectivity index (χ3n) is 4.41. The van der Waals surface area contributed by atoms with Crippen molar-refractivity contribution in [2.75, 3.05) is 11.9 Å². The van der Waals surface area contributed by atoms with Gasteiger partial charge in [0.05, 0.1) is 5.92 Å². The minimum Gasteiger partial charge on any atom is -0.339 e. The van der Waals surface area contributed by atoms with Gasteiger partial charge in [-0.3, -0.25) is 9.59 Å². The molecule has 0 radical (unpaired) electrons. The maximum atomic E-state index is 12.3. The van der Waals surface area contributed by atoms with Crippen LogP contribution in [0.2, 0.25) is 5.02 Å². The molecule has 1 saturated heterocycles. The number of anilines is 1. The van der Waals surface area contributed by atoms with Gasteiger partial charge in [-0.05, 0) is 37.1 Å². The second kappa shape index (κ2) is 6.06. The Kier molecular flexibility index (Phi) is 4.15. The fourth-order valence-electron chi connectivity index (χ4n) is 3.25. The number of amides is 2. The lowest BCUT2D eigenvalue weighted by Crippen LogP contribution is -2.35. The van der Waals surface area contributed by atoms with Gasteiger partial charge in [-0.2, -0.15) is 0 Å². The minimum absolute atomic E-state index is 0.0776. The predicted molar refractivity (Wildman–Crippen MR) is 82.2 cm³/mol. The van der Waals surface area contributed by atoms with Crippen LogP contribution in [-0.2, 0) is 9.59 Å². The predicted octanol–water partition coefficient (Wildman–Crippen LogP) is 3.07. The summed E-state index contributed by atoms with van der Waals surface area (Å²) in [4.78, 5) is 26.3. The molecule has 112 valence electrons. The molecular weight excluding hydrogens is 288 g/mol. The van der Waals surface area contributed by atoms with Gasteiger partial charge in [0.1, 0.15) is 0 Å². The van der Waals surface area contributed by atoms with Gasteiger partial charge < -0.3 is 10.2 Å². The summed E-state index contributed by atoms with van der Waals surface area (Å²) in [5.41, 5.74) is 0.719. The smallest absolute Gasteiger partial charge is 0.229 e. The van der Waals surface area contributed by atoms with Crippen molar-refractivity contribution >= 4 is 29.1 Å². The molecule has 1 unspecified atom stereocenters. The van der Waals surface area contributed by atoms with Crippen LogP contribution in [0.3, 0.4) is 0 Å². The Hall–Kier alpha value is -1.55. The van der Waals surface area contributed by atoms with E-state index in [0.29, 0.717) is 24.0 Å². The molecule has 2 amide bonds. The molecule has 1 saturated carbocycles. The van der Waals surface area contributed by atoms with E-state index in [-0.39, 0.29) is 17.7 Å². The first kappa shape index (κ1) is 14.4. The molecule has 1 atom stereocenters. The number of nitrogens with one attached hydrogen (secondary N) is 1. The number of carbonyl (C=O) groups is 2. The van der Waals surface area contributed by atoms with Crippen LogP contribution in [0.15, 0.2) is 24.3 Å². The maximum absolute atomic E-state index is 12.3. The van der Waals surface area contributed by atoms with Gasteiger partial charge in [-0.1, -0.05) is 24.4 Å². The average molecular weight is 307 g/mol. The molecule has 1 heterocycles. The molecule has 2 fully saturated rings. The van der Waals surface area contributed by atoms with Crippen molar-refractivity contribution in [1.82, 2.24) is 4.90 Å². The highest BCUT2D eigenvalue weighted by molar-refractivity contribution is 6.30. The Balaban J connectivity index is 1.60. The van der Waals surface area contributed by atoms with Crippen molar-refractivity contribution < 1.29 is 9.59 Å². The van der Waals surface area contributed by atoms with E-state index in [1.165, 1.54) is 12.8 Å². The van der Waals surface area contributed by atoms with E-state index in [9.17, 15) is 9.59 Å². The lowest BCUT2D eigenvalue weighted by Gasteiger charge is -2.23. The number of nitrogens with zero attached hydrogens (tertiary/aromatic N) is 1. The Morgan fingerprint density at radius 1 is 1.19 bits per heavy atom. The van der Waals surface area contributed by atoms with Crippen molar-refractivity contribution in [3.63, 3.8) is 0 Å². The Labute approximate surface area is 129 Å². The number of hydrogen-bond donors (Lipinski definition) is 1. The second-order valence-electron chi connectivity index (χ2n) is 5.88. The number of halogens is 1. The van der Waals surface area contributed by atoms with E-state index in [1.807, 2.05) is 4.90 Å². The molecule has 0 aromatic heterocycles. The molecule has 5 heteroatoms. The highest BCUT2D eigenvalue weighted by atomic mass is 35.5. The third kappa shape index (κ3) is 3.21. The fourth-order valence-corrected chi connectivity index (χ4v) is 3.38. The summed E-state index contributed by atoms with van der Waals surface area (Å²) in [7, 11) is 0. The van der Waals surface area contributed by atoms with Crippen molar-refractivity contribution in [1.29, 1.82) is 0 Å². The summed E-state index contributed by atoms with van der Waals surface area (Å²) in [5.74, 6) is -0.196. The summed E-state index contributed by atoms with van der Waals surface area (Å²) >= 11 is 5.82. The lowest BCUT2D eigenvalue weighted by atomic mass is 10.1. The van der Waals surface area contributed by atoms with Crippen LogP contribution in [0.4, 0.5) is 5.69 Å². The highest BCUT2D eigenvalue weighted by Crippen LogP contribution is 2.30. The van der Waals surface area contributed by atoms with E-state index in [4.69, 9.17) is 11.6 Å².